The van der Waals surface area contributed by atoms with Crippen LogP contribution in [0, 0.1) is 0 Å². The minimum atomic E-state index is -2.89. The van der Waals surface area contributed by atoms with Gasteiger partial charge in [0.15, 0.2) is 11.5 Å². The lowest BCUT2D eigenvalue weighted by Crippen LogP contribution is -2.05. The third-order valence-corrected chi connectivity index (χ3v) is 2.63. The van der Waals surface area contributed by atoms with Crippen LogP contribution in [-0.2, 0) is 6.54 Å². The van der Waals surface area contributed by atoms with Crippen molar-refractivity contribution >= 4 is 5.69 Å². The van der Waals surface area contributed by atoms with E-state index in [0.29, 0.717) is 12.2 Å². The number of ether oxygens (including phenoxy) is 2. The van der Waals surface area contributed by atoms with E-state index in [1.165, 1.54) is 13.2 Å². The lowest BCUT2D eigenvalue weighted by molar-refractivity contribution is -0.0511. The summed E-state index contributed by atoms with van der Waals surface area (Å²) in [6.07, 6.45) is 3.38. The van der Waals surface area contributed by atoms with Gasteiger partial charge in [0.25, 0.3) is 0 Å². The molecule has 0 saturated heterocycles. The summed E-state index contributed by atoms with van der Waals surface area (Å²) in [5.41, 5.74) is 1.70. The Labute approximate surface area is 115 Å². The lowest BCUT2D eigenvalue weighted by Gasteiger charge is -2.12. The van der Waals surface area contributed by atoms with Gasteiger partial charge in [-0.3, -0.25) is 4.98 Å². The van der Waals surface area contributed by atoms with Crippen LogP contribution in [0.5, 0.6) is 11.5 Å². The Bertz CT molecular complexity index is 550. The smallest absolute Gasteiger partial charge is 0.387 e. The van der Waals surface area contributed by atoms with Gasteiger partial charge in [-0.1, -0.05) is 0 Å². The molecule has 0 saturated carbocycles. The van der Waals surface area contributed by atoms with E-state index in [0.717, 1.165) is 5.56 Å². The van der Waals surface area contributed by atoms with Gasteiger partial charge in [-0.05, 0) is 29.8 Å². The number of benzene rings is 1. The molecule has 20 heavy (non-hydrogen) atoms. The second-order valence-electron chi connectivity index (χ2n) is 3.95. The van der Waals surface area contributed by atoms with Gasteiger partial charge in [0.2, 0.25) is 0 Å². The fourth-order valence-corrected chi connectivity index (χ4v) is 1.68. The first-order valence-corrected chi connectivity index (χ1v) is 5.94. The van der Waals surface area contributed by atoms with E-state index in [1.807, 2.05) is 12.1 Å². The molecule has 1 aromatic carbocycles. The molecular weight excluding hydrogens is 266 g/mol. The van der Waals surface area contributed by atoms with Gasteiger partial charge in [0, 0.05) is 30.7 Å². The Hall–Kier alpha value is -2.37. The average Bonchev–Trinajstić information content (AvgIpc) is 2.46. The molecule has 0 atom stereocenters. The fourth-order valence-electron chi connectivity index (χ4n) is 1.68. The second-order valence-corrected chi connectivity index (χ2v) is 3.95. The highest BCUT2D eigenvalue weighted by atomic mass is 19.3. The molecule has 4 nitrogen and oxygen atoms in total. The van der Waals surface area contributed by atoms with Crippen LogP contribution in [0.15, 0.2) is 42.7 Å². The minimum absolute atomic E-state index is 0.00206. The highest BCUT2D eigenvalue weighted by Gasteiger charge is 2.11. The fraction of sp³-hybridized carbons (Fsp3) is 0.214. The predicted octanol–water partition coefficient (Wildman–Crippen LogP) is 3.30. The van der Waals surface area contributed by atoms with Crippen LogP contribution in [0.1, 0.15) is 5.56 Å². The maximum atomic E-state index is 12.3. The monoisotopic (exact) mass is 280 g/mol. The van der Waals surface area contributed by atoms with Crippen molar-refractivity contribution in [1.29, 1.82) is 0 Å². The van der Waals surface area contributed by atoms with Gasteiger partial charge >= 0.3 is 6.61 Å². The minimum Gasteiger partial charge on any atom is -0.493 e. The summed E-state index contributed by atoms with van der Waals surface area (Å²) in [5.74, 6) is 0.266. The normalized spacial score (nSPS) is 10.4. The second kappa shape index (κ2) is 6.70. The zero-order valence-corrected chi connectivity index (χ0v) is 10.8. The number of hydrogen-bond acceptors (Lipinski definition) is 4. The molecule has 2 aromatic rings. The Balaban J connectivity index is 2.08. The molecule has 0 radical (unpaired) electrons. The van der Waals surface area contributed by atoms with Gasteiger partial charge in [0.05, 0.1) is 7.11 Å². The van der Waals surface area contributed by atoms with Crippen molar-refractivity contribution in [3.63, 3.8) is 0 Å². The molecule has 0 aliphatic heterocycles. The van der Waals surface area contributed by atoms with Gasteiger partial charge in [0.1, 0.15) is 0 Å². The van der Waals surface area contributed by atoms with Crippen molar-refractivity contribution in [2.45, 2.75) is 13.2 Å². The summed E-state index contributed by atoms with van der Waals surface area (Å²) in [6.45, 7) is -2.33. The number of nitrogens with zero attached hydrogens (tertiary/aromatic N) is 1. The summed E-state index contributed by atoms with van der Waals surface area (Å²) in [7, 11) is 1.40. The Morgan fingerprint density at radius 3 is 2.55 bits per heavy atom. The van der Waals surface area contributed by atoms with E-state index in [2.05, 4.69) is 15.0 Å². The van der Waals surface area contributed by atoms with E-state index in [4.69, 9.17) is 4.74 Å². The Morgan fingerprint density at radius 2 is 1.90 bits per heavy atom. The number of rotatable bonds is 6. The van der Waals surface area contributed by atoms with Crippen molar-refractivity contribution in [3.8, 4) is 11.5 Å². The Morgan fingerprint density at radius 1 is 1.15 bits per heavy atom. The quantitative estimate of drug-likeness (QED) is 0.881. The largest absolute Gasteiger partial charge is 0.493 e. The van der Waals surface area contributed by atoms with Crippen molar-refractivity contribution < 1.29 is 18.3 Å². The van der Waals surface area contributed by atoms with Crippen LogP contribution in [0.25, 0.3) is 0 Å². The van der Waals surface area contributed by atoms with E-state index >= 15 is 0 Å². The predicted molar refractivity (Wildman–Crippen MR) is 71.2 cm³/mol. The zero-order valence-electron chi connectivity index (χ0n) is 10.8. The van der Waals surface area contributed by atoms with Gasteiger partial charge < -0.3 is 14.8 Å². The third-order valence-electron chi connectivity index (χ3n) is 2.63. The van der Waals surface area contributed by atoms with E-state index in [-0.39, 0.29) is 11.5 Å². The highest BCUT2D eigenvalue weighted by molar-refractivity contribution is 5.55. The van der Waals surface area contributed by atoms with Crippen molar-refractivity contribution in [1.82, 2.24) is 4.98 Å². The number of halogens is 2. The molecule has 6 heteroatoms. The molecular formula is C14H14F2N2O2. The van der Waals surface area contributed by atoms with Crippen LogP contribution in [-0.4, -0.2) is 18.7 Å². The number of methoxy groups -OCH3 is 1. The van der Waals surface area contributed by atoms with Gasteiger partial charge in [-0.25, -0.2) is 0 Å². The van der Waals surface area contributed by atoms with Gasteiger partial charge in [-0.2, -0.15) is 8.78 Å². The number of nitrogens with one attached hydrogen (secondary N) is 1. The molecule has 1 aromatic heterocycles. The number of anilines is 1. The first-order chi connectivity index (χ1) is 9.69. The van der Waals surface area contributed by atoms with Crippen molar-refractivity contribution in [2.75, 3.05) is 12.4 Å². The summed E-state index contributed by atoms with van der Waals surface area (Å²) in [5, 5.41) is 3.12. The SMILES string of the molecule is COc1ccc(NCc2ccncc2)cc1OC(F)F. The molecule has 1 heterocycles. The summed E-state index contributed by atoms with van der Waals surface area (Å²) in [4.78, 5) is 3.92. The molecule has 0 fully saturated rings. The van der Waals surface area contributed by atoms with Crippen LogP contribution in [0.2, 0.25) is 0 Å². The first kappa shape index (κ1) is 14.0. The average molecular weight is 280 g/mol. The van der Waals surface area contributed by atoms with Gasteiger partial charge in [-0.15, -0.1) is 0 Å². The van der Waals surface area contributed by atoms with Crippen LogP contribution in [0.4, 0.5) is 14.5 Å². The highest BCUT2D eigenvalue weighted by Crippen LogP contribution is 2.31. The molecule has 0 aliphatic rings. The topological polar surface area (TPSA) is 43.4 Å². The van der Waals surface area contributed by atoms with Crippen molar-refractivity contribution in [3.05, 3.63) is 48.3 Å². The maximum Gasteiger partial charge on any atom is 0.387 e. The molecule has 0 amide bonds. The van der Waals surface area contributed by atoms with Crippen LogP contribution >= 0.6 is 0 Å². The molecule has 0 aliphatic carbocycles. The van der Waals surface area contributed by atoms with Crippen molar-refractivity contribution in [2.24, 2.45) is 0 Å². The van der Waals surface area contributed by atoms with E-state index in [1.54, 1.807) is 24.5 Å². The summed E-state index contributed by atoms with van der Waals surface area (Å²) < 4.78 is 34.0. The number of pyridine rings is 1. The summed E-state index contributed by atoms with van der Waals surface area (Å²) >= 11 is 0. The number of hydrogen-bond donors (Lipinski definition) is 1. The molecule has 0 bridgehead atoms. The Kier molecular flexibility index (Phi) is 4.70. The summed E-state index contributed by atoms with van der Waals surface area (Å²) in [6, 6.07) is 8.53. The van der Waals surface area contributed by atoms with E-state index < -0.39 is 6.61 Å². The lowest BCUT2D eigenvalue weighted by atomic mass is 10.2. The molecule has 0 spiro atoms. The van der Waals surface area contributed by atoms with E-state index in [9.17, 15) is 8.78 Å². The molecule has 2 rings (SSSR count). The third kappa shape index (κ3) is 3.81. The zero-order chi connectivity index (χ0) is 14.4. The number of alkyl halides is 2. The van der Waals surface area contributed by atoms with Crippen LogP contribution < -0.4 is 14.8 Å². The number of aromatic nitrogens is 1. The molecule has 0 unspecified atom stereocenters. The van der Waals surface area contributed by atoms with Crippen LogP contribution in [0.3, 0.4) is 0 Å². The molecule has 106 valence electrons. The first-order valence-electron chi connectivity index (χ1n) is 5.94. The standard InChI is InChI=1S/C14H14F2N2O2/c1-19-12-3-2-11(8-13(12)20-14(15)16)18-9-10-4-6-17-7-5-10/h2-8,14,18H,9H2,1H3. The molecule has 1 N–H and O–H groups in total. The maximum absolute atomic E-state index is 12.3.